The SMILES string of the molecule is CN=C(NCc1cccc(N2CC=CC2)c1)NC1CCN(C2CC2)CC1.I. The lowest BCUT2D eigenvalue weighted by molar-refractivity contribution is 0.197. The molecule has 0 radical (unpaired) electrons. The van der Waals surface area contributed by atoms with Gasteiger partial charge in [0.25, 0.3) is 0 Å². The van der Waals surface area contributed by atoms with Crippen molar-refractivity contribution in [2.24, 2.45) is 4.99 Å². The number of hydrogen-bond acceptors (Lipinski definition) is 3. The molecule has 0 bridgehead atoms. The van der Waals surface area contributed by atoms with Crippen LogP contribution >= 0.6 is 24.0 Å². The van der Waals surface area contributed by atoms with Crippen LogP contribution in [-0.4, -0.2) is 56.2 Å². The number of anilines is 1. The van der Waals surface area contributed by atoms with Crippen molar-refractivity contribution in [2.75, 3.05) is 38.1 Å². The number of guanidine groups is 1. The third kappa shape index (κ3) is 5.60. The minimum Gasteiger partial charge on any atom is -0.364 e. The summed E-state index contributed by atoms with van der Waals surface area (Å²) in [6.07, 6.45) is 9.71. The second-order valence-electron chi connectivity index (χ2n) is 7.66. The highest BCUT2D eigenvalue weighted by Crippen LogP contribution is 2.29. The summed E-state index contributed by atoms with van der Waals surface area (Å²) in [5.74, 6) is 0.920. The monoisotopic (exact) mass is 481 g/mol. The van der Waals surface area contributed by atoms with E-state index in [4.69, 9.17) is 0 Å². The van der Waals surface area contributed by atoms with E-state index in [0.29, 0.717) is 6.04 Å². The summed E-state index contributed by atoms with van der Waals surface area (Å²) in [5.41, 5.74) is 2.59. The fourth-order valence-electron chi connectivity index (χ4n) is 3.97. The molecule has 6 heteroatoms. The molecule has 1 saturated carbocycles. The van der Waals surface area contributed by atoms with Crippen LogP contribution < -0.4 is 15.5 Å². The van der Waals surface area contributed by atoms with Gasteiger partial charge in [-0.15, -0.1) is 24.0 Å². The molecule has 2 heterocycles. The Hall–Kier alpha value is -1.28. The van der Waals surface area contributed by atoms with E-state index in [2.05, 4.69) is 61.8 Å². The third-order valence-corrected chi connectivity index (χ3v) is 5.71. The smallest absolute Gasteiger partial charge is 0.191 e. The normalized spacial score (nSPS) is 21.2. The van der Waals surface area contributed by atoms with Gasteiger partial charge in [-0.25, -0.2) is 0 Å². The molecule has 0 unspecified atom stereocenters. The Morgan fingerprint density at radius 3 is 2.52 bits per heavy atom. The number of piperidine rings is 1. The van der Waals surface area contributed by atoms with Crippen molar-refractivity contribution < 1.29 is 0 Å². The third-order valence-electron chi connectivity index (χ3n) is 5.71. The molecule has 27 heavy (non-hydrogen) atoms. The summed E-state index contributed by atoms with van der Waals surface area (Å²) in [5, 5.41) is 7.11. The minimum absolute atomic E-state index is 0. The van der Waals surface area contributed by atoms with E-state index in [1.807, 2.05) is 7.05 Å². The largest absolute Gasteiger partial charge is 0.364 e. The first-order chi connectivity index (χ1) is 12.8. The van der Waals surface area contributed by atoms with Crippen molar-refractivity contribution in [3.8, 4) is 0 Å². The fraction of sp³-hybridized carbons (Fsp3) is 0.571. The van der Waals surface area contributed by atoms with E-state index in [9.17, 15) is 0 Å². The van der Waals surface area contributed by atoms with Crippen LogP contribution in [-0.2, 0) is 6.54 Å². The molecule has 5 nitrogen and oxygen atoms in total. The Labute approximate surface area is 180 Å². The van der Waals surface area contributed by atoms with Crippen LogP contribution in [0.25, 0.3) is 0 Å². The van der Waals surface area contributed by atoms with Crippen molar-refractivity contribution in [3.05, 3.63) is 42.0 Å². The van der Waals surface area contributed by atoms with Crippen LogP contribution in [0.15, 0.2) is 41.4 Å². The van der Waals surface area contributed by atoms with Gasteiger partial charge in [0.2, 0.25) is 0 Å². The van der Waals surface area contributed by atoms with Crippen LogP contribution in [0.1, 0.15) is 31.2 Å². The van der Waals surface area contributed by atoms with Gasteiger partial charge in [-0.1, -0.05) is 24.3 Å². The van der Waals surface area contributed by atoms with Crippen molar-refractivity contribution in [3.63, 3.8) is 0 Å². The summed E-state index contributed by atoms with van der Waals surface area (Å²) < 4.78 is 0. The molecule has 2 aliphatic heterocycles. The maximum Gasteiger partial charge on any atom is 0.191 e. The average molecular weight is 481 g/mol. The van der Waals surface area contributed by atoms with Crippen LogP contribution in [0, 0.1) is 0 Å². The molecule has 1 aromatic rings. The molecule has 0 aromatic heterocycles. The lowest BCUT2D eigenvalue weighted by atomic mass is 10.1. The first kappa shape index (κ1) is 20.5. The molecule has 1 aromatic carbocycles. The van der Waals surface area contributed by atoms with Gasteiger partial charge < -0.3 is 20.4 Å². The van der Waals surface area contributed by atoms with Crippen LogP contribution in [0.5, 0.6) is 0 Å². The molecule has 3 aliphatic rings. The molecule has 0 amide bonds. The Bertz CT molecular complexity index is 654. The number of nitrogens with one attached hydrogen (secondary N) is 2. The van der Waals surface area contributed by atoms with Crippen molar-refractivity contribution in [2.45, 2.75) is 44.3 Å². The number of likely N-dealkylation sites (tertiary alicyclic amines) is 1. The van der Waals surface area contributed by atoms with Crippen molar-refractivity contribution in [1.29, 1.82) is 0 Å². The molecule has 2 N–H and O–H groups in total. The lowest BCUT2D eigenvalue weighted by Crippen LogP contribution is -2.48. The number of nitrogens with zero attached hydrogens (tertiary/aromatic N) is 3. The summed E-state index contributed by atoms with van der Waals surface area (Å²) in [6, 6.07) is 10.2. The molecule has 0 atom stereocenters. The van der Waals surface area contributed by atoms with Crippen molar-refractivity contribution in [1.82, 2.24) is 15.5 Å². The first-order valence-corrected chi connectivity index (χ1v) is 10.0. The summed E-state index contributed by atoms with van der Waals surface area (Å²) in [7, 11) is 1.86. The van der Waals surface area contributed by atoms with Gasteiger partial charge >= 0.3 is 0 Å². The first-order valence-electron chi connectivity index (χ1n) is 10.0. The average Bonchev–Trinajstić information content (AvgIpc) is 3.39. The predicted octanol–water partition coefficient (Wildman–Crippen LogP) is 2.97. The van der Waals surface area contributed by atoms with Crippen LogP contribution in [0.3, 0.4) is 0 Å². The zero-order chi connectivity index (χ0) is 17.8. The highest BCUT2D eigenvalue weighted by atomic mass is 127. The fourth-order valence-corrected chi connectivity index (χ4v) is 3.97. The van der Waals surface area contributed by atoms with E-state index >= 15 is 0 Å². The van der Waals surface area contributed by atoms with Gasteiger partial charge in [-0.05, 0) is 43.4 Å². The number of rotatable bonds is 5. The van der Waals surface area contributed by atoms with E-state index in [1.54, 1.807) is 0 Å². The highest BCUT2D eigenvalue weighted by Gasteiger charge is 2.31. The van der Waals surface area contributed by atoms with Gasteiger partial charge in [0, 0.05) is 57.5 Å². The summed E-state index contributed by atoms with van der Waals surface area (Å²) >= 11 is 0. The number of hydrogen-bond donors (Lipinski definition) is 2. The van der Waals surface area contributed by atoms with Gasteiger partial charge in [0.15, 0.2) is 5.96 Å². The predicted molar refractivity (Wildman–Crippen MR) is 124 cm³/mol. The zero-order valence-electron chi connectivity index (χ0n) is 16.2. The van der Waals surface area contributed by atoms with E-state index < -0.39 is 0 Å². The Morgan fingerprint density at radius 1 is 1.11 bits per heavy atom. The number of benzene rings is 1. The quantitative estimate of drug-likeness (QED) is 0.294. The van der Waals surface area contributed by atoms with Gasteiger partial charge in [-0.3, -0.25) is 4.99 Å². The molecule has 0 spiro atoms. The second kappa shape index (κ2) is 9.78. The van der Waals surface area contributed by atoms with Gasteiger partial charge in [0.1, 0.15) is 0 Å². The maximum atomic E-state index is 4.42. The Kier molecular flexibility index (Phi) is 7.41. The molecule has 4 rings (SSSR count). The lowest BCUT2D eigenvalue weighted by Gasteiger charge is -2.33. The van der Waals surface area contributed by atoms with Gasteiger partial charge in [0.05, 0.1) is 0 Å². The van der Waals surface area contributed by atoms with Crippen molar-refractivity contribution >= 4 is 35.6 Å². The molecule has 1 aliphatic carbocycles. The molecular formula is C21H32IN5. The topological polar surface area (TPSA) is 42.9 Å². The maximum absolute atomic E-state index is 4.42. The summed E-state index contributed by atoms with van der Waals surface area (Å²) in [6.45, 7) is 5.28. The van der Waals surface area contributed by atoms with E-state index in [-0.39, 0.29) is 24.0 Å². The number of aliphatic imine (C=N–C) groups is 1. The zero-order valence-corrected chi connectivity index (χ0v) is 18.6. The Morgan fingerprint density at radius 2 is 1.85 bits per heavy atom. The molecule has 148 valence electrons. The van der Waals surface area contributed by atoms with Crippen LogP contribution in [0.2, 0.25) is 0 Å². The summed E-state index contributed by atoms with van der Waals surface area (Å²) in [4.78, 5) is 9.46. The van der Waals surface area contributed by atoms with Crippen LogP contribution in [0.4, 0.5) is 5.69 Å². The van der Waals surface area contributed by atoms with E-state index in [0.717, 1.165) is 31.6 Å². The Balaban J connectivity index is 0.00000210. The number of halogens is 1. The second-order valence-corrected chi connectivity index (χ2v) is 7.66. The molecule has 1 saturated heterocycles. The van der Waals surface area contributed by atoms with E-state index in [1.165, 1.54) is 50.0 Å². The highest BCUT2D eigenvalue weighted by molar-refractivity contribution is 14.0. The van der Waals surface area contributed by atoms with Gasteiger partial charge in [-0.2, -0.15) is 0 Å². The molecular weight excluding hydrogens is 449 g/mol. The molecule has 2 fully saturated rings. The minimum atomic E-state index is 0. The standard InChI is InChI=1S/C21H31N5.HI/c1-22-21(24-18-9-13-26(14-10-18)19-7-8-19)23-16-17-5-4-6-20(15-17)25-11-2-3-12-25;/h2-6,15,18-19H,7-14,16H2,1H3,(H2,22,23,24);1H.